The van der Waals surface area contributed by atoms with Crippen LogP contribution in [-0.4, -0.2) is 5.11 Å². The van der Waals surface area contributed by atoms with Crippen molar-refractivity contribution < 1.29 is 0 Å². The molecular formula is C16H17ClN2S. The molecule has 0 fully saturated rings. The number of halogens is 1. The molecule has 0 radical (unpaired) electrons. The zero-order chi connectivity index (χ0) is 14.5. The fourth-order valence-electron chi connectivity index (χ4n) is 1.84. The first-order valence-electron chi connectivity index (χ1n) is 6.44. The zero-order valence-corrected chi connectivity index (χ0v) is 13.1. The number of hydrogen-bond donors (Lipinski definition) is 2. The van der Waals surface area contributed by atoms with Crippen molar-refractivity contribution in [2.24, 2.45) is 0 Å². The lowest BCUT2D eigenvalue weighted by molar-refractivity contribution is 0.722. The predicted octanol–water partition coefficient (Wildman–Crippen LogP) is 4.70. The van der Waals surface area contributed by atoms with Crippen LogP contribution in [0.25, 0.3) is 0 Å². The topological polar surface area (TPSA) is 24.1 Å². The van der Waals surface area contributed by atoms with E-state index in [0.29, 0.717) is 10.1 Å². The number of anilines is 1. The highest BCUT2D eigenvalue weighted by Crippen LogP contribution is 2.15. The van der Waals surface area contributed by atoms with Gasteiger partial charge in [-0.3, -0.25) is 0 Å². The summed E-state index contributed by atoms with van der Waals surface area (Å²) in [4.78, 5) is 0. The van der Waals surface area contributed by atoms with Crippen LogP contribution in [0.5, 0.6) is 0 Å². The molecule has 2 aromatic carbocycles. The average Bonchev–Trinajstić information content (AvgIpc) is 2.42. The SMILES string of the molecule is Cc1ccc([C@H](C)NC(=S)Nc2ccc(Cl)cc2)cc1. The molecule has 1 atom stereocenters. The van der Waals surface area contributed by atoms with Crippen LogP contribution in [0, 0.1) is 6.92 Å². The van der Waals surface area contributed by atoms with Crippen molar-refractivity contribution in [3.05, 3.63) is 64.7 Å². The van der Waals surface area contributed by atoms with Gasteiger partial charge in [0.05, 0.1) is 6.04 Å². The van der Waals surface area contributed by atoms with Crippen LogP contribution in [0.4, 0.5) is 5.69 Å². The standard InChI is InChI=1S/C16H17ClN2S/c1-11-3-5-13(6-4-11)12(2)18-16(20)19-15-9-7-14(17)8-10-15/h3-10,12H,1-2H3,(H2,18,19,20)/t12-/m0/s1. The first-order valence-corrected chi connectivity index (χ1v) is 7.23. The summed E-state index contributed by atoms with van der Waals surface area (Å²) >= 11 is 11.2. The van der Waals surface area contributed by atoms with Crippen molar-refractivity contribution in [2.45, 2.75) is 19.9 Å². The lowest BCUT2D eigenvalue weighted by Crippen LogP contribution is -2.30. The third-order valence-electron chi connectivity index (χ3n) is 3.03. The first kappa shape index (κ1) is 14.8. The number of aryl methyl sites for hydroxylation is 1. The van der Waals surface area contributed by atoms with E-state index in [1.54, 1.807) is 0 Å². The van der Waals surface area contributed by atoms with Crippen molar-refractivity contribution in [3.8, 4) is 0 Å². The fourth-order valence-corrected chi connectivity index (χ4v) is 2.26. The van der Waals surface area contributed by atoms with Crippen LogP contribution in [0.2, 0.25) is 5.02 Å². The largest absolute Gasteiger partial charge is 0.356 e. The van der Waals surface area contributed by atoms with Crippen LogP contribution in [-0.2, 0) is 0 Å². The number of benzene rings is 2. The van der Waals surface area contributed by atoms with Gasteiger partial charge in [0.25, 0.3) is 0 Å². The van der Waals surface area contributed by atoms with Crippen molar-refractivity contribution in [1.82, 2.24) is 5.32 Å². The Morgan fingerprint density at radius 3 is 2.25 bits per heavy atom. The summed E-state index contributed by atoms with van der Waals surface area (Å²) < 4.78 is 0. The normalized spacial score (nSPS) is 11.8. The van der Waals surface area contributed by atoms with E-state index in [1.807, 2.05) is 24.3 Å². The Kier molecular flexibility index (Phi) is 4.99. The molecule has 0 aromatic heterocycles. The maximum atomic E-state index is 5.85. The zero-order valence-electron chi connectivity index (χ0n) is 11.5. The van der Waals surface area contributed by atoms with E-state index in [2.05, 4.69) is 48.7 Å². The number of rotatable bonds is 3. The molecule has 2 rings (SSSR count). The summed E-state index contributed by atoms with van der Waals surface area (Å²) in [5.41, 5.74) is 3.38. The van der Waals surface area contributed by atoms with Gasteiger partial charge in [-0.25, -0.2) is 0 Å². The van der Waals surface area contributed by atoms with Crippen molar-refractivity contribution in [3.63, 3.8) is 0 Å². The van der Waals surface area contributed by atoms with E-state index in [4.69, 9.17) is 23.8 Å². The smallest absolute Gasteiger partial charge is 0.171 e. The van der Waals surface area contributed by atoms with Gasteiger partial charge >= 0.3 is 0 Å². The second-order valence-electron chi connectivity index (χ2n) is 4.74. The minimum Gasteiger partial charge on any atom is -0.356 e. The number of thiocarbonyl (C=S) groups is 1. The average molecular weight is 305 g/mol. The molecule has 0 spiro atoms. The Morgan fingerprint density at radius 2 is 1.65 bits per heavy atom. The number of hydrogen-bond acceptors (Lipinski definition) is 1. The Morgan fingerprint density at radius 1 is 1.05 bits per heavy atom. The van der Waals surface area contributed by atoms with Gasteiger partial charge in [-0.05, 0) is 55.9 Å². The number of nitrogens with one attached hydrogen (secondary N) is 2. The van der Waals surface area contributed by atoms with E-state index in [-0.39, 0.29) is 6.04 Å². The molecule has 0 saturated heterocycles. The summed E-state index contributed by atoms with van der Waals surface area (Å²) in [5.74, 6) is 0. The maximum Gasteiger partial charge on any atom is 0.171 e. The Labute approximate surface area is 130 Å². The third-order valence-corrected chi connectivity index (χ3v) is 3.50. The van der Waals surface area contributed by atoms with E-state index in [0.717, 1.165) is 5.69 Å². The second kappa shape index (κ2) is 6.73. The molecule has 2 N–H and O–H groups in total. The van der Waals surface area contributed by atoms with Crippen LogP contribution < -0.4 is 10.6 Å². The quantitative estimate of drug-likeness (QED) is 0.804. The highest BCUT2D eigenvalue weighted by Gasteiger charge is 2.06. The van der Waals surface area contributed by atoms with E-state index < -0.39 is 0 Å². The maximum absolute atomic E-state index is 5.85. The lowest BCUT2D eigenvalue weighted by Gasteiger charge is -2.17. The van der Waals surface area contributed by atoms with Gasteiger partial charge in [0.15, 0.2) is 5.11 Å². The van der Waals surface area contributed by atoms with Gasteiger partial charge in [0, 0.05) is 10.7 Å². The van der Waals surface area contributed by atoms with E-state index in [1.165, 1.54) is 11.1 Å². The lowest BCUT2D eigenvalue weighted by atomic mass is 10.1. The molecule has 104 valence electrons. The summed E-state index contributed by atoms with van der Waals surface area (Å²) in [6.45, 7) is 4.16. The molecular weight excluding hydrogens is 288 g/mol. The summed E-state index contributed by atoms with van der Waals surface area (Å²) in [7, 11) is 0. The molecule has 4 heteroatoms. The summed E-state index contributed by atoms with van der Waals surface area (Å²) in [5, 5.41) is 7.72. The minimum atomic E-state index is 0.155. The predicted molar refractivity (Wildman–Crippen MR) is 90.4 cm³/mol. The molecule has 2 aromatic rings. The van der Waals surface area contributed by atoms with Crippen LogP contribution in [0.15, 0.2) is 48.5 Å². The van der Waals surface area contributed by atoms with E-state index >= 15 is 0 Å². The molecule has 2 nitrogen and oxygen atoms in total. The van der Waals surface area contributed by atoms with Gasteiger partial charge < -0.3 is 10.6 Å². The molecule has 0 aliphatic heterocycles. The van der Waals surface area contributed by atoms with Gasteiger partial charge in [-0.2, -0.15) is 0 Å². The Bertz CT molecular complexity index is 578. The first-order chi connectivity index (χ1) is 9.54. The van der Waals surface area contributed by atoms with Crippen LogP contribution in [0.1, 0.15) is 24.1 Å². The highest BCUT2D eigenvalue weighted by molar-refractivity contribution is 7.80. The summed E-state index contributed by atoms with van der Waals surface area (Å²) in [6.07, 6.45) is 0. The second-order valence-corrected chi connectivity index (χ2v) is 5.58. The molecule has 0 aliphatic carbocycles. The molecule has 0 aliphatic rings. The van der Waals surface area contributed by atoms with Crippen LogP contribution in [0.3, 0.4) is 0 Å². The summed E-state index contributed by atoms with van der Waals surface area (Å²) in [6, 6.07) is 16.0. The molecule has 0 bridgehead atoms. The van der Waals surface area contributed by atoms with Gasteiger partial charge in [0.1, 0.15) is 0 Å². The van der Waals surface area contributed by atoms with E-state index in [9.17, 15) is 0 Å². The van der Waals surface area contributed by atoms with Crippen molar-refractivity contribution in [2.75, 3.05) is 5.32 Å². The van der Waals surface area contributed by atoms with Crippen molar-refractivity contribution in [1.29, 1.82) is 0 Å². The molecule has 0 heterocycles. The minimum absolute atomic E-state index is 0.155. The molecule has 0 saturated carbocycles. The molecule has 0 unspecified atom stereocenters. The van der Waals surface area contributed by atoms with Crippen LogP contribution >= 0.6 is 23.8 Å². The van der Waals surface area contributed by atoms with Crippen molar-refractivity contribution >= 4 is 34.6 Å². The molecule has 0 amide bonds. The van der Waals surface area contributed by atoms with Gasteiger partial charge in [-0.1, -0.05) is 41.4 Å². The monoisotopic (exact) mass is 304 g/mol. The highest BCUT2D eigenvalue weighted by atomic mass is 35.5. The van der Waals surface area contributed by atoms with Gasteiger partial charge in [-0.15, -0.1) is 0 Å². The van der Waals surface area contributed by atoms with Gasteiger partial charge in [0.2, 0.25) is 0 Å². The Hall–Kier alpha value is -1.58. The Balaban J connectivity index is 1.93. The third kappa shape index (κ3) is 4.22. The fraction of sp³-hybridized carbons (Fsp3) is 0.188. The molecule has 20 heavy (non-hydrogen) atoms.